The Morgan fingerprint density at radius 3 is 2.13 bits per heavy atom. The van der Waals surface area contributed by atoms with E-state index in [-0.39, 0.29) is 10.4 Å². The fourth-order valence-corrected chi connectivity index (χ4v) is 5.60. The summed E-state index contributed by atoms with van der Waals surface area (Å²) in [5.41, 5.74) is -0.189. The summed E-state index contributed by atoms with van der Waals surface area (Å²) in [4.78, 5) is 10.9. The first-order valence-corrected chi connectivity index (χ1v) is 10.9. The third-order valence-electron chi connectivity index (χ3n) is 5.33. The molecule has 2 saturated heterocycles. The molecule has 1 spiro atoms. The Kier molecular flexibility index (Phi) is 7.82. The molecule has 1 aromatic carbocycles. The van der Waals surface area contributed by atoms with Crippen molar-refractivity contribution >= 4 is 16.0 Å². The number of carbonyl (C=O) groups is 1. The lowest BCUT2D eigenvalue weighted by atomic mass is 9.87. The lowest BCUT2D eigenvalue weighted by molar-refractivity contribution is -0.192. The Morgan fingerprint density at radius 2 is 1.65 bits per heavy atom. The van der Waals surface area contributed by atoms with Crippen molar-refractivity contribution in [3.05, 3.63) is 42.5 Å². The molecule has 12 heteroatoms. The van der Waals surface area contributed by atoms with Crippen molar-refractivity contribution in [2.24, 2.45) is 0 Å². The second-order valence-electron chi connectivity index (χ2n) is 7.41. The number of nitrogens with zero attached hydrogens (tertiary/aromatic N) is 2. The maximum atomic E-state index is 13.4. The number of piperidine rings is 1. The van der Waals surface area contributed by atoms with Crippen molar-refractivity contribution in [1.29, 1.82) is 0 Å². The first kappa shape index (κ1) is 25.2. The van der Waals surface area contributed by atoms with Crippen molar-refractivity contribution in [2.75, 3.05) is 26.2 Å². The zero-order chi connectivity index (χ0) is 23.4. The zero-order valence-corrected chi connectivity index (χ0v) is 17.4. The van der Waals surface area contributed by atoms with E-state index in [1.165, 1.54) is 4.31 Å². The van der Waals surface area contributed by atoms with E-state index in [0.29, 0.717) is 19.2 Å². The zero-order valence-electron chi connectivity index (χ0n) is 16.5. The molecule has 0 radical (unpaired) electrons. The molecule has 2 fully saturated rings. The molecule has 2 aliphatic heterocycles. The summed E-state index contributed by atoms with van der Waals surface area (Å²) in [7, 11) is -3.91. The average molecular weight is 470 g/mol. The van der Waals surface area contributed by atoms with Crippen LogP contribution in [0.3, 0.4) is 0 Å². The standard InChI is InChI=1S/C17H22F2N2O2S.C2HF3O2/c1-2-7-20-8-3-5-17(20)6-4-9-21(13-17)24(22,23)16-11-14(18)10-15(19)12-16;3-2(4,5)1(6)7/h2,10-12H,1,3-9,13H2;(H,6,7). The van der Waals surface area contributed by atoms with Gasteiger partial charge in [-0.05, 0) is 44.4 Å². The molecule has 0 bridgehead atoms. The Morgan fingerprint density at radius 1 is 1.13 bits per heavy atom. The minimum absolute atomic E-state index is 0.189. The molecule has 0 aliphatic carbocycles. The number of rotatable bonds is 4. The third kappa shape index (κ3) is 6.01. The van der Waals surface area contributed by atoms with Gasteiger partial charge in [-0.2, -0.15) is 17.5 Å². The van der Waals surface area contributed by atoms with Crippen LogP contribution in [0.2, 0.25) is 0 Å². The number of sulfonamides is 1. The van der Waals surface area contributed by atoms with E-state index in [2.05, 4.69) is 11.5 Å². The highest BCUT2D eigenvalue weighted by atomic mass is 32.2. The van der Waals surface area contributed by atoms with Gasteiger partial charge in [0.05, 0.1) is 4.90 Å². The van der Waals surface area contributed by atoms with Crippen LogP contribution in [0, 0.1) is 11.6 Å². The highest BCUT2D eigenvalue weighted by Crippen LogP contribution is 2.38. The Balaban J connectivity index is 0.000000423. The van der Waals surface area contributed by atoms with Crippen LogP contribution < -0.4 is 0 Å². The van der Waals surface area contributed by atoms with Gasteiger partial charge in [0.1, 0.15) is 11.6 Å². The van der Waals surface area contributed by atoms with E-state index in [0.717, 1.165) is 50.9 Å². The first-order valence-electron chi connectivity index (χ1n) is 9.44. The third-order valence-corrected chi connectivity index (χ3v) is 7.15. The van der Waals surface area contributed by atoms with Crippen LogP contribution in [-0.4, -0.2) is 66.6 Å². The first-order chi connectivity index (χ1) is 14.3. The van der Waals surface area contributed by atoms with Crippen molar-refractivity contribution < 1.29 is 40.3 Å². The predicted octanol–water partition coefficient (Wildman–Crippen LogP) is 3.40. The Hall–Kier alpha value is -2.05. The van der Waals surface area contributed by atoms with Gasteiger partial charge in [0.25, 0.3) is 0 Å². The second-order valence-corrected chi connectivity index (χ2v) is 9.35. The summed E-state index contributed by atoms with van der Waals surface area (Å²) in [5, 5.41) is 7.12. The molecule has 6 nitrogen and oxygen atoms in total. The smallest absolute Gasteiger partial charge is 0.475 e. The quantitative estimate of drug-likeness (QED) is 0.539. The van der Waals surface area contributed by atoms with E-state index in [1.807, 2.05) is 6.08 Å². The number of hydrogen-bond donors (Lipinski definition) is 1. The van der Waals surface area contributed by atoms with Gasteiger partial charge in [0, 0.05) is 31.2 Å². The molecule has 0 amide bonds. The average Bonchev–Trinajstić information content (AvgIpc) is 3.02. The monoisotopic (exact) mass is 470 g/mol. The van der Waals surface area contributed by atoms with Crippen molar-refractivity contribution in [3.63, 3.8) is 0 Å². The Labute approximate surface area is 177 Å². The molecule has 1 unspecified atom stereocenters. The maximum Gasteiger partial charge on any atom is 0.490 e. The highest BCUT2D eigenvalue weighted by molar-refractivity contribution is 7.89. The number of aliphatic carboxylic acids is 1. The van der Waals surface area contributed by atoms with Crippen LogP contribution in [0.5, 0.6) is 0 Å². The summed E-state index contributed by atoms with van der Waals surface area (Å²) in [6, 6.07) is 2.45. The number of benzene rings is 1. The summed E-state index contributed by atoms with van der Waals surface area (Å²) in [6.45, 7) is 6.17. The van der Waals surface area contributed by atoms with Crippen LogP contribution in [0.25, 0.3) is 0 Å². The summed E-state index contributed by atoms with van der Waals surface area (Å²) in [6.07, 6.45) is 0.387. The fourth-order valence-electron chi connectivity index (χ4n) is 4.00. The molecule has 1 N–H and O–H groups in total. The summed E-state index contributed by atoms with van der Waals surface area (Å²) >= 11 is 0. The highest BCUT2D eigenvalue weighted by Gasteiger charge is 2.46. The number of alkyl halides is 3. The largest absolute Gasteiger partial charge is 0.490 e. The molecule has 2 heterocycles. The topological polar surface area (TPSA) is 77.9 Å². The van der Waals surface area contributed by atoms with E-state index < -0.39 is 33.8 Å². The molecule has 0 saturated carbocycles. The van der Waals surface area contributed by atoms with Crippen LogP contribution in [0.15, 0.2) is 35.7 Å². The van der Waals surface area contributed by atoms with Gasteiger partial charge in [0.2, 0.25) is 10.0 Å². The van der Waals surface area contributed by atoms with Gasteiger partial charge >= 0.3 is 12.1 Å². The number of carboxylic acid groups (broad SMARTS) is 1. The number of hydrogen-bond acceptors (Lipinski definition) is 4. The van der Waals surface area contributed by atoms with E-state index >= 15 is 0 Å². The van der Waals surface area contributed by atoms with Gasteiger partial charge < -0.3 is 5.11 Å². The van der Waals surface area contributed by atoms with Crippen LogP contribution >= 0.6 is 0 Å². The number of halogens is 5. The minimum atomic E-state index is -5.08. The lowest BCUT2D eigenvalue weighted by Crippen LogP contribution is -2.56. The summed E-state index contributed by atoms with van der Waals surface area (Å²) in [5.74, 6) is -4.52. The summed E-state index contributed by atoms with van der Waals surface area (Å²) < 4.78 is 85.7. The molecule has 3 rings (SSSR count). The minimum Gasteiger partial charge on any atom is -0.475 e. The SMILES string of the molecule is C=CCN1CCCC12CCCN(S(=O)(=O)c1cc(F)cc(F)c1)C2.O=C(O)C(F)(F)F. The fraction of sp³-hybridized carbons (Fsp3) is 0.526. The molecule has 1 aromatic rings. The molecule has 0 aromatic heterocycles. The second kappa shape index (κ2) is 9.61. The van der Waals surface area contributed by atoms with Crippen LogP contribution in [0.1, 0.15) is 25.7 Å². The van der Waals surface area contributed by atoms with Crippen LogP contribution in [0.4, 0.5) is 22.0 Å². The van der Waals surface area contributed by atoms with Crippen molar-refractivity contribution in [1.82, 2.24) is 9.21 Å². The Bertz CT molecular complexity index is 902. The molecule has 174 valence electrons. The van der Waals surface area contributed by atoms with E-state index in [1.54, 1.807) is 0 Å². The molecule has 1 atom stereocenters. The van der Waals surface area contributed by atoms with Crippen molar-refractivity contribution in [3.8, 4) is 0 Å². The maximum absolute atomic E-state index is 13.4. The van der Waals surface area contributed by atoms with E-state index in [9.17, 15) is 30.4 Å². The molecule has 31 heavy (non-hydrogen) atoms. The van der Waals surface area contributed by atoms with Gasteiger partial charge in [-0.3, -0.25) is 4.90 Å². The van der Waals surface area contributed by atoms with Gasteiger partial charge in [-0.1, -0.05) is 6.08 Å². The molecular formula is C19H23F5N2O4S. The molecular weight excluding hydrogens is 447 g/mol. The predicted molar refractivity (Wildman–Crippen MR) is 102 cm³/mol. The normalized spacial score (nSPS) is 22.7. The van der Waals surface area contributed by atoms with Gasteiger partial charge in [0.15, 0.2) is 0 Å². The van der Waals surface area contributed by atoms with Crippen molar-refractivity contribution in [2.45, 2.75) is 42.3 Å². The van der Waals surface area contributed by atoms with E-state index in [4.69, 9.17) is 9.90 Å². The van der Waals surface area contributed by atoms with Gasteiger partial charge in [-0.15, -0.1) is 6.58 Å². The molecule has 2 aliphatic rings. The number of likely N-dealkylation sites (tertiary alicyclic amines) is 1. The van der Waals surface area contributed by atoms with Crippen LogP contribution in [-0.2, 0) is 14.8 Å². The number of carboxylic acids is 1. The van der Waals surface area contributed by atoms with Gasteiger partial charge in [-0.25, -0.2) is 22.0 Å². The lowest BCUT2D eigenvalue weighted by Gasteiger charge is -2.45.